The Hall–Kier alpha value is -9.60. The zero-order valence-electron chi connectivity index (χ0n) is 41.5. The Kier molecular flexibility index (Phi) is 10.5. The summed E-state index contributed by atoms with van der Waals surface area (Å²) in [6.07, 6.45) is 0. The van der Waals surface area contributed by atoms with Crippen LogP contribution in [0, 0.1) is 0 Å². The second-order valence-corrected chi connectivity index (χ2v) is 20.9. The molecule has 2 heteroatoms. The van der Waals surface area contributed by atoms with Crippen LogP contribution < -0.4 is 0 Å². The zero-order valence-corrected chi connectivity index (χ0v) is 42.3. The summed E-state index contributed by atoms with van der Waals surface area (Å²) in [5, 5.41) is 10.0. The Morgan fingerprint density at radius 1 is 0.211 bits per heavy atom. The van der Waals surface area contributed by atoms with E-state index in [1.807, 2.05) is 11.3 Å². The quantitative estimate of drug-likeness (QED) is 0.134. The van der Waals surface area contributed by atoms with Gasteiger partial charge in [-0.3, -0.25) is 0 Å². The third-order valence-electron chi connectivity index (χ3n) is 15.6. The fraction of sp³-hybridized carbons (Fsp3) is 0. The minimum absolute atomic E-state index is 1.13. The topological polar surface area (TPSA) is 4.93 Å². The molecule has 76 heavy (non-hydrogen) atoms. The molecule has 0 aliphatic rings. The van der Waals surface area contributed by atoms with Gasteiger partial charge < -0.3 is 4.57 Å². The number of fused-ring (bicyclic) bond motifs is 8. The van der Waals surface area contributed by atoms with Gasteiger partial charge in [-0.15, -0.1) is 11.3 Å². The minimum atomic E-state index is 1.13. The highest BCUT2D eigenvalue weighted by molar-refractivity contribution is 7.27. The van der Waals surface area contributed by atoms with E-state index in [1.54, 1.807) is 0 Å². The summed E-state index contributed by atoms with van der Waals surface area (Å²) < 4.78 is 5.06. The lowest BCUT2D eigenvalue weighted by Crippen LogP contribution is -1.94. The molecule has 0 bridgehead atoms. The molecular formula is C74H47NS. The SMILES string of the molecule is c1ccc(-c2cc(-c3ccccc3)c3sc4c(-c5ccc6c7ccccc7n(-c7ccc(-c8ccc9c(-c%10ccccc%10)c%10ccccc%10c(-c%10ccccc%10)c9c8)cc7)c6c5)cc(-c5ccccc5)cc4c3c2)cc1. The zero-order chi connectivity index (χ0) is 50.1. The Balaban J connectivity index is 0.910. The Labute approximate surface area is 445 Å². The Morgan fingerprint density at radius 2 is 0.592 bits per heavy atom. The summed E-state index contributed by atoms with van der Waals surface area (Å²) in [5.41, 5.74) is 20.6. The van der Waals surface area contributed by atoms with Gasteiger partial charge in [0.2, 0.25) is 0 Å². The second kappa shape index (κ2) is 18.1. The van der Waals surface area contributed by atoms with E-state index in [9.17, 15) is 0 Å². The maximum absolute atomic E-state index is 2.47. The van der Waals surface area contributed by atoms with Crippen LogP contribution in [0.4, 0.5) is 0 Å². The van der Waals surface area contributed by atoms with Gasteiger partial charge in [-0.25, -0.2) is 0 Å². The third-order valence-corrected chi connectivity index (χ3v) is 16.9. The smallest absolute Gasteiger partial charge is 0.0547 e. The number of para-hydroxylation sites is 1. The van der Waals surface area contributed by atoms with Gasteiger partial charge in [0.05, 0.1) is 11.0 Å². The van der Waals surface area contributed by atoms with Gasteiger partial charge in [-0.1, -0.05) is 231 Å². The summed E-state index contributed by atoms with van der Waals surface area (Å²) in [6, 6.07) is 105. The van der Waals surface area contributed by atoms with Gasteiger partial charge in [0, 0.05) is 47.8 Å². The summed E-state index contributed by atoms with van der Waals surface area (Å²) in [6.45, 7) is 0. The standard InChI is InChI=1S/C74H47NS/c1-6-20-48(21-7-1)56-43-64(51-24-10-3-11-25-51)73-67(45-56)68-46-57(49-22-8-2-9-23-49)44-65(74(68)76-73)55-37-40-60-59-30-18-19-33-69(59)75(70(60)47-55)58-38-34-50(35-39-58)54-36-41-63-66(42-54)72(53-28-14-5-15-29-53)62-32-17-16-31-61(62)71(63)52-26-12-4-13-27-52/h1-47H. The molecule has 0 unspecified atom stereocenters. The number of aromatic nitrogens is 1. The molecule has 0 atom stereocenters. The number of hydrogen-bond donors (Lipinski definition) is 0. The van der Waals surface area contributed by atoms with Crippen molar-refractivity contribution in [3.63, 3.8) is 0 Å². The first kappa shape index (κ1) is 43.9. The van der Waals surface area contributed by atoms with E-state index < -0.39 is 0 Å². The lowest BCUT2D eigenvalue weighted by Gasteiger charge is -2.19. The molecule has 0 spiro atoms. The largest absolute Gasteiger partial charge is 0.309 e. The van der Waals surface area contributed by atoms with E-state index in [2.05, 4.69) is 290 Å². The Morgan fingerprint density at radius 3 is 1.16 bits per heavy atom. The summed E-state index contributed by atoms with van der Waals surface area (Å²) in [7, 11) is 0. The van der Waals surface area contributed by atoms with Crippen LogP contribution in [0.15, 0.2) is 285 Å². The lowest BCUT2D eigenvalue weighted by atomic mass is 9.85. The van der Waals surface area contributed by atoms with E-state index in [1.165, 1.54) is 141 Å². The Bertz CT molecular complexity index is 4690. The molecule has 354 valence electrons. The molecule has 0 amide bonds. The van der Waals surface area contributed by atoms with Gasteiger partial charge in [0.25, 0.3) is 0 Å². The average Bonchev–Trinajstić information content (AvgIpc) is 4.05. The van der Waals surface area contributed by atoms with Crippen LogP contribution in [-0.2, 0) is 0 Å². The molecular weight excluding hydrogens is 935 g/mol. The molecule has 0 saturated carbocycles. The number of nitrogens with zero attached hydrogens (tertiary/aromatic N) is 1. The minimum Gasteiger partial charge on any atom is -0.309 e. The highest BCUT2D eigenvalue weighted by Crippen LogP contribution is 2.49. The molecule has 15 aromatic rings. The first-order chi connectivity index (χ1) is 37.7. The lowest BCUT2D eigenvalue weighted by molar-refractivity contribution is 1.18. The average molecular weight is 982 g/mol. The molecule has 13 aromatic carbocycles. The molecule has 0 aliphatic carbocycles. The second-order valence-electron chi connectivity index (χ2n) is 19.9. The van der Waals surface area contributed by atoms with E-state index >= 15 is 0 Å². The van der Waals surface area contributed by atoms with Gasteiger partial charge >= 0.3 is 0 Å². The maximum atomic E-state index is 2.47. The molecule has 0 aliphatic heterocycles. The third kappa shape index (κ3) is 7.29. The van der Waals surface area contributed by atoms with Crippen LogP contribution in [0.2, 0.25) is 0 Å². The van der Waals surface area contributed by atoms with Crippen LogP contribution in [0.1, 0.15) is 0 Å². The highest BCUT2D eigenvalue weighted by Gasteiger charge is 2.21. The summed E-state index contributed by atoms with van der Waals surface area (Å²) in [5.74, 6) is 0. The monoisotopic (exact) mass is 981 g/mol. The van der Waals surface area contributed by atoms with Crippen LogP contribution in [0.5, 0.6) is 0 Å². The van der Waals surface area contributed by atoms with Crippen molar-refractivity contribution < 1.29 is 0 Å². The molecule has 0 saturated heterocycles. The van der Waals surface area contributed by atoms with Gasteiger partial charge in [0.15, 0.2) is 0 Å². The number of hydrogen-bond acceptors (Lipinski definition) is 1. The first-order valence-corrected chi connectivity index (χ1v) is 27.0. The fourth-order valence-electron chi connectivity index (χ4n) is 12.0. The van der Waals surface area contributed by atoms with Crippen LogP contribution in [0.25, 0.3) is 147 Å². The van der Waals surface area contributed by atoms with E-state index in [0.717, 1.165) is 5.69 Å². The number of rotatable bonds is 8. The van der Waals surface area contributed by atoms with Crippen molar-refractivity contribution in [2.45, 2.75) is 0 Å². The molecule has 1 nitrogen and oxygen atoms in total. The van der Waals surface area contributed by atoms with Crippen molar-refractivity contribution in [2.75, 3.05) is 0 Å². The van der Waals surface area contributed by atoms with Crippen LogP contribution in [-0.4, -0.2) is 4.57 Å². The normalized spacial score (nSPS) is 11.7. The van der Waals surface area contributed by atoms with E-state index in [4.69, 9.17) is 0 Å². The number of benzene rings is 13. The molecule has 0 N–H and O–H groups in total. The van der Waals surface area contributed by atoms with Crippen molar-refractivity contribution in [1.29, 1.82) is 0 Å². The van der Waals surface area contributed by atoms with Gasteiger partial charge in [-0.05, 0) is 143 Å². The molecule has 2 aromatic heterocycles. The predicted molar refractivity (Wildman–Crippen MR) is 327 cm³/mol. The van der Waals surface area contributed by atoms with Crippen LogP contribution >= 0.6 is 11.3 Å². The van der Waals surface area contributed by atoms with Gasteiger partial charge in [0.1, 0.15) is 0 Å². The fourth-order valence-corrected chi connectivity index (χ4v) is 13.4. The van der Waals surface area contributed by atoms with Crippen molar-refractivity contribution in [1.82, 2.24) is 4.57 Å². The molecule has 2 heterocycles. The summed E-state index contributed by atoms with van der Waals surface area (Å²) >= 11 is 1.92. The van der Waals surface area contributed by atoms with E-state index in [0.29, 0.717) is 0 Å². The van der Waals surface area contributed by atoms with Crippen LogP contribution in [0.3, 0.4) is 0 Å². The van der Waals surface area contributed by atoms with E-state index in [-0.39, 0.29) is 0 Å². The van der Waals surface area contributed by atoms with Crippen molar-refractivity contribution in [3.05, 3.63) is 285 Å². The van der Waals surface area contributed by atoms with Crippen molar-refractivity contribution in [3.8, 4) is 83.6 Å². The molecule has 15 rings (SSSR count). The number of thiophene rings is 1. The van der Waals surface area contributed by atoms with Crippen molar-refractivity contribution >= 4 is 74.9 Å². The highest BCUT2D eigenvalue weighted by atomic mass is 32.1. The predicted octanol–water partition coefficient (Wildman–Crippen LogP) is 21.1. The first-order valence-electron chi connectivity index (χ1n) is 26.1. The summed E-state index contributed by atoms with van der Waals surface area (Å²) in [4.78, 5) is 0. The maximum Gasteiger partial charge on any atom is 0.0547 e. The van der Waals surface area contributed by atoms with Gasteiger partial charge in [-0.2, -0.15) is 0 Å². The van der Waals surface area contributed by atoms with Crippen molar-refractivity contribution in [2.24, 2.45) is 0 Å². The molecule has 0 radical (unpaired) electrons. The molecule has 0 fully saturated rings.